The maximum atomic E-state index is 9.87. The molecule has 0 unspecified atom stereocenters. The van der Waals surface area contributed by atoms with Gasteiger partial charge in [-0.2, -0.15) is 0 Å². The Labute approximate surface area is 167 Å². The van der Waals surface area contributed by atoms with Crippen LogP contribution >= 0.6 is 22.9 Å². The summed E-state index contributed by atoms with van der Waals surface area (Å²) in [6.45, 7) is 2.65. The van der Waals surface area contributed by atoms with E-state index in [9.17, 15) is 5.11 Å². The lowest BCUT2D eigenvalue weighted by atomic mass is 10.1. The molecule has 0 amide bonds. The van der Waals surface area contributed by atoms with E-state index in [4.69, 9.17) is 21.3 Å². The number of fused-ring (bicyclic) bond motifs is 1. The molecular weight excluding hydrogens is 382 g/mol. The van der Waals surface area contributed by atoms with Gasteiger partial charge in [-0.05, 0) is 42.7 Å². The number of phenols is 1. The number of piperidine rings is 1. The molecule has 2 aromatic carbocycles. The Bertz CT molecular complexity index is 913. The van der Waals surface area contributed by atoms with Crippen molar-refractivity contribution in [2.75, 3.05) is 25.1 Å². The molecule has 0 saturated carbocycles. The van der Waals surface area contributed by atoms with Gasteiger partial charge in [-0.15, -0.1) is 0 Å². The second-order valence-electron chi connectivity index (χ2n) is 6.76. The van der Waals surface area contributed by atoms with E-state index in [1.807, 2.05) is 12.1 Å². The molecule has 142 valence electrons. The van der Waals surface area contributed by atoms with Crippen molar-refractivity contribution in [1.82, 2.24) is 10.3 Å². The molecule has 0 radical (unpaired) electrons. The van der Waals surface area contributed by atoms with E-state index in [0.717, 1.165) is 42.1 Å². The summed E-state index contributed by atoms with van der Waals surface area (Å²) in [4.78, 5) is 7.16. The molecule has 4 rings (SSSR count). The fraction of sp³-hybridized carbons (Fsp3) is 0.350. The average Bonchev–Trinajstić information content (AvgIpc) is 3.13. The van der Waals surface area contributed by atoms with Gasteiger partial charge < -0.3 is 20.1 Å². The first-order valence-electron chi connectivity index (χ1n) is 9.03. The van der Waals surface area contributed by atoms with Crippen molar-refractivity contribution < 1.29 is 9.84 Å². The molecule has 1 aliphatic rings. The van der Waals surface area contributed by atoms with Crippen LogP contribution < -0.4 is 15.0 Å². The number of methoxy groups -OCH3 is 1. The van der Waals surface area contributed by atoms with E-state index in [1.54, 1.807) is 17.4 Å². The number of ether oxygens (including phenoxy) is 1. The van der Waals surface area contributed by atoms with Gasteiger partial charge in [-0.25, -0.2) is 4.98 Å². The molecule has 1 atom stereocenters. The molecule has 1 saturated heterocycles. The van der Waals surface area contributed by atoms with Gasteiger partial charge in [-0.1, -0.05) is 35.1 Å². The van der Waals surface area contributed by atoms with Gasteiger partial charge in [0.2, 0.25) is 0 Å². The van der Waals surface area contributed by atoms with E-state index in [-0.39, 0.29) is 5.75 Å². The standard InChI is InChI=1S/C20H22ClN3O2S/c1-26-17-10-13(9-15(21)19(17)25)11-22-14-5-4-8-24(12-14)20-23-16-6-2-3-7-18(16)27-20/h2-3,6-7,9-10,14,22,25H,4-5,8,11-12H2,1H3/t14-/m1/s1. The second kappa shape index (κ2) is 7.92. The summed E-state index contributed by atoms with van der Waals surface area (Å²) in [7, 11) is 1.53. The fourth-order valence-electron chi connectivity index (χ4n) is 3.46. The highest BCUT2D eigenvalue weighted by atomic mass is 35.5. The number of nitrogens with one attached hydrogen (secondary N) is 1. The van der Waals surface area contributed by atoms with Gasteiger partial charge in [0, 0.05) is 25.7 Å². The van der Waals surface area contributed by atoms with Crippen molar-refractivity contribution in [2.45, 2.75) is 25.4 Å². The van der Waals surface area contributed by atoms with Crippen LogP contribution in [0.15, 0.2) is 36.4 Å². The molecule has 5 nitrogen and oxygen atoms in total. The Morgan fingerprint density at radius 2 is 2.22 bits per heavy atom. The van der Waals surface area contributed by atoms with Gasteiger partial charge in [0.1, 0.15) is 0 Å². The number of hydrogen-bond donors (Lipinski definition) is 2. The van der Waals surface area contributed by atoms with Crippen LogP contribution in [0.3, 0.4) is 0 Å². The van der Waals surface area contributed by atoms with Crippen LogP contribution in [0, 0.1) is 0 Å². The molecule has 7 heteroatoms. The van der Waals surface area contributed by atoms with Crippen LogP contribution in [0.5, 0.6) is 11.5 Å². The van der Waals surface area contributed by atoms with Crippen molar-refractivity contribution in [1.29, 1.82) is 0 Å². The van der Waals surface area contributed by atoms with E-state index in [1.165, 1.54) is 11.8 Å². The normalized spacial score (nSPS) is 17.4. The third-order valence-corrected chi connectivity index (χ3v) is 6.26. The molecule has 27 heavy (non-hydrogen) atoms. The van der Waals surface area contributed by atoms with Gasteiger partial charge in [0.25, 0.3) is 0 Å². The number of halogens is 1. The number of nitrogens with zero attached hydrogens (tertiary/aromatic N) is 2. The predicted molar refractivity (Wildman–Crippen MR) is 111 cm³/mol. The summed E-state index contributed by atoms with van der Waals surface area (Å²) in [5.74, 6) is 0.390. The zero-order valence-corrected chi connectivity index (χ0v) is 16.7. The van der Waals surface area contributed by atoms with Crippen LogP contribution in [0.2, 0.25) is 5.02 Å². The number of para-hydroxylation sites is 1. The van der Waals surface area contributed by atoms with Crippen molar-refractivity contribution in [2.24, 2.45) is 0 Å². The Hall–Kier alpha value is -2.02. The third-order valence-electron chi connectivity index (χ3n) is 4.88. The number of aromatic hydroxyl groups is 1. The molecule has 3 aromatic rings. The maximum Gasteiger partial charge on any atom is 0.186 e. The molecular formula is C20H22ClN3O2S. The third kappa shape index (κ3) is 3.98. The lowest BCUT2D eigenvalue weighted by Crippen LogP contribution is -2.45. The quantitative estimate of drug-likeness (QED) is 0.660. The number of phenolic OH excluding ortho intramolecular Hbond substituents is 1. The molecule has 0 spiro atoms. The van der Waals surface area contributed by atoms with Crippen molar-refractivity contribution in [3.8, 4) is 11.5 Å². The van der Waals surface area contributed by atoms with Crippen LogP contribution in [-0.4, -0.2) is 36.3 Å². The molecule has 2 heterocycles. The highest BCUT2D eigenvalue weighted by Gasteiger charge is 2.22. The van der Waals surface area contributed by atoms with Crippen LogP contribution in [0.4, 0.5) is 5.13 Å². The number of thiazole rings is 1. The highest BCUT2D eigenvalue weighted by Crippen LogP contribution is 2.35. The largest absolute Gasteiger partial charge is 0.503 e. The minimum atomic E-state index is -0.0115. The molecule has 2 N–H and O–H groups in total. The molecule has 0 aliphatic carbocycles. The Morgan fingerprint density at radius 3 is 3.04 bits per heavy atom. The highest BCUT2D eigenvalue weighted by molar-refractivity contribution is 7.22. The summed E-state index contributed by atoms with van der Waals surface area (Å²) in [5.41, 5.74) is 2.06. The minimum Gasteiger partial charge on any atom is -0.503 e. The Kier molecular flexibility index (Phi) is 5.38. The summed E-state index contributed by atoms with van der Waals surface area (Å²) < 4.78 is 6.41. The van der Waals surface area contributed by atoms with E-state index in [0.29, 0.717) is 23.4 Å². The maximum absolute atomic E-state index is 9.87. The van der Waals surface area contributed by atoms with Crippen LogP contribution in [0.25, 0.3) is 10.2 Å². The zero-order chi connectivity index (χ0) is 18.8. The lowest BCUT2D eigenvalue weighted by molar-refractivity contribution is 0.372. The van der Waals surface area contributed by atoms with Crippen LogP contribution in [0.1, 0.15) is 18.4 Å². The topological polar surface area (TPSA) is 57.6 Å². The zero-order valence-electron chi connectivity index (χ0n) is 15.1. The summed E-state index contributed by atoms with van der Waals surface area (Å²) >= 11 is 7.84. The molecule has 1 fully saturated rings. The van der Waals surface area contributed by atoms with Crippen LogP contribution in [-0.2, 0) is 6.54 Å². The predicted octanol–water partition coefficient (Wildman–Crippen LogP) is 4.42. The smallest absolute Gasteiger partial charge is 0.186 e. The van der Waals surface area contributed by atoms with Gasteiger partial charge in [0.05, 0.1) is 22.3 Å². The first kappa shape index (κ1) is 18.3. The van der Waals surface area contributed by atoms with Gasteiger partial charge in [-0.3, -0.25) is 0 Å². The van der Waals surface area contributed by atoms with E-state index >= 15 is 0 Å². The van der Waals surface area contributed by atoms with Crippen molar-refractivity contribution in [3.05, 3.63) is 47.0 Å². The van der Waals surface area contributed by atoms with E-state index < -0.39 is 0 Å². The molecule has 1 aromatic heterocycles. The van der Waals surface area contributed by atoms with Crippen molar-refractivity contribution in [3.63, 3.8) is 0 Å². The summed E-state index contributed by atoms with van der Waals surface area (Å²) in [6, 6.07) is 12.3. The molecule has 1 aliphatic heterocycles. The number of anilines is 1. The van der Waals surface area contributed by atoms with E-state index in [2.05, 4.69) is 28.4 Å². The van der Waals surface area contributed by atoms with Crippen molar-refractivity contribution >= 4 is 38.3 Å². The Morgan fingerprint density at radius 1 is 1.37 bits per heavy atom. The average molecular weight is 404 g/mol. The van der Waals surface area contributed by atoms with Gasteiger partial charge in [0.15, 0.2) is 16.6 Å². The summed E-state index contributed by atoms with van der Waals surface area (Å²) in [6.07, 6.45) is 2.26. The lowest BCUT2D eigenvalue weighted by Gasteiger charge is -2.33. The molecule has 0 bridgehead atoms. The Balaban J connectivity index is 1.42. The number of rotatable bonds is 5. The summed E-state index contributed by atoms with van der Waals surface area (Å²) in [5, 5.41) is 14.9. The minimum absolute atomic E-state index is 0.0115. The second-order valence-corrected chi connectivity index (χ2v) is 8.18. The fourth-order valence-corrected chi connectivity index (χ4v) is 4.69. The first-order valence-corrected chi connectivity index (χ1v) is 10.2. The number of aromatic nitrogens is 1. The number of hydrogen-bond acceptors (Lipinski definition) is 6. The first-order chi connectivity index (χ1) is 13.1. The number of benzene rings is 2. The van der Waals surface area contributed by atoms with Gasteiger partial charge >= 0.3 is 0 Å². The SMILES string of the molecule is COc1cc(CN[C@@H]2CCCN(c3nc4ccccc4s3)C2)cc(Cl)c1O. The monoisotopic (exact) mass is 403 g/mol.